The first-order valence-electron chi connectivity index (χ1n) is 13.0. The predicted octanol–water partition coefficient (Wildman–Crippen LogP) is 6.95. The average molecular weight is 481 g/mol. The summed E-state index contributed by atoms with van der Waals surface area (Å²) in [5.74, 6) is 1.02. The Balaban J connectivity index is 2.04. The number of aliphatic imine (C=N–C) groups is 1. The average Bonchev–Trinajstić information content (AvgIpc) is 2.82. The molecule has 1 aliphatic rings. The molecule has 0 aliphatic carbocycles. The van der Waals surface area contributed by atoms with Crippen molar-refractivity contribution in [1.29, 1.82) is 10.8 Å². The molecule has 6 nitrogen and oxygen atoms in total. The zero-order valence-electron chi connectivity index (χ0n) is 22.2. The van der Waals surface area contributed by atoms with Gasteiger partial charge in [-0.05, 0) is 61.3 Å². The molecule has 0 spiro atoms. The Morgan fingerprint density at radius 2 is 2.00 bits per heavy atom. The fraction of sp³-hybridized carbons (Fsp3) is 0.586. The number of nitrogens with one attached hydrogen (secondary N) is 3. The fourth-order valence-corrected chi connectivity index (χ4v) is 4.37. The molecule has 1 heterocycles. The molecule has 0 radical (unpaired) electrons. The minimum atomic E-state index is -0.0639. The van der Waals surface area contributed by atoms with E-state index in [2.05, 4.69) is 58.1 Å². The van der Waals surface area contributed by atoms with Gasteiger partial charge < -0.3 is 20.9 Å². The Morgan fingerprint density at radius 3 is 2.66 bits per heavy atom. The van der Waals surface area contributed by atoms with E-state index >= 15 is 0 Å². The Labute approximate surface area is 211 Å². The van der Waals surface area contributed by atoms with Crippen LogP contribution in [0.25, 0.3) is 0 Å². The zero-order valence-corrected chi connectivity index (χ0v) is 22.2. The summed E-state index contributed by atoms with van der Waals surface area (Å²) >= 11 is 0. The van der Waals surface area contributed by atoms with Crippen molar-refractivity contribution >= 4 is 29.2 Å². The number of nitrogens with zero attached hydrogens (tertiary/aromatic N) is 1. The van der Waals surface area contributed by atoms with Crippen LogP contribution in [-0.2, 0) is 14.9 Å². The van der Waals surface area contributed by atoms with Gasteiger partial charge in [0.25, 0.3) is 0 Å². The second kappa shape index (κ2) is 14.0. The molecule has 2 rings (SSSR count). The number of rotatable bonds is 14. The van der Waals surface area contributed by atoms with Crippen LogP contribution >= 0.6 is 0 Å². The third kappa shape index (κ3) is 9.08. The molecule has 0 fully saturated rings. The lowest BCUT2D eigenvalue weighted by molar-refractivity contribution is -0.120. The molecule has 0 saturated heterocycles. The van der Waals surface area contributed by atoms with Crippen molar-refractivity contribution < 1.29 is 9.53 Å². The highest BCUT2D eigenvalue weighted by molar-refractivity contribution is 6.01. The molecule has 1 aromatic carbocycles. The van der Waals surface area contributed by atoms with Crippen LogP contribution in [0.2, 0.25) is 0 Å². The van der Waals surface area contributed by atoms with Gasteiger partial charge in [-0.15, -0.1) is 0 Å². The molecule has 2 atom stereocenters. The second-order valence-electron chi connectivity index (χ2n) is 10.4. The van der Waals surface area contributed by atoms with Crippen LogP contribution in [0.3, 0.4) is 0 Å². The summed E-state index contributed by atoms with van der Waals surface area (Å²) in [4.78, 5) is 17.9. The lowest BCUT2D eigenvalue weighted by Gasteiger charge is -2.25. The second-order valence-corrected chi connectivity index (χ2v) is 10.4. The Hall–Kier alpha value is -2.76. The third-order valence-corrected chi connectivity index (χ3v) is 6.49. The van der Waals surface area contributed by atoms with E-state index in [1.165, 1.54) is 11.8 Å². The van der Waals surface area contributed by atoms with E-state index in [-0.39, 0.29) is 29.8 Å². The van der Waals surface area contributed by atoms with Gasteiger partial charge in [0.1, 0.15) is 12.4 Å². The van der Waals surface area contributed by atoms with Crippen LogP contribution in [0, 0.1) is 22.7 Å². The van der Waals surface area contributed by atoms with E-state index in [0.717, 1.165) is 62.2 Å². The molecule has 1 aliphatic heterocycles. The molecular weight excluding hydrogens is 436 g/mol. The maximum Gasteiger partial charge on any atom is 0.227 e. The van der Waals surface area contributed by atoms with Crippen molar-refractivity contribution in [1.82, 2.24) is 0 Å². The number of amides is 1. The number of carbonyl (C=O) groups is 1. The molecule has 6 heteroatoms. The predicted molar refractivity (Wildman–Crippen MR) is 147 cm³/mol. The number of hydrogen-bond acceptors (Lipinski definition) is 5. The van der Waals surface area contributed by atoms with Crippen LogP contribution in [0.15, 0.2) is 41.1 Å². The Morgan fingerprint density at radius 1 is 1.23 bits per heavy atom. The Bertz CT molecular complexity index is 927. The highest BCUT2D eigenvalue weighted by Crippen LogP contribution is 2.28. The zero-order chi connectivity index (χ0) is 25.8. The van der Waals surface area contributed by atoms with Crippen molar-refractivity contribution in [3.05, 3.63) is 41.7 Å². The number of ether oxygens (including phenoxy) is 1. The van der Waals surface area contributed by atoms with Gasteiger partial charge in [-0.25, -0.2) is 0 Å². The minimum absolute atomic E-state index is 0.0320. The largest absolute Gasteiger partial charge is 0.486 e. The van der Waals surface area contributed by atoms with E-state index < -0.39 is 0 Å². The van der Waals surface area contributed by atoms with Gasteiger partial charge in [0.2, 0.25) is 5.91 Å². The maximum atomic E-state index is 13.1. The van der Waals surface area contributed by atoms with Gasteiger partial charge in [-0.3, -0.25) is 9.79 Å². The van der Waals surface area contributed by atoms with Gasteiger partial charge in [0, 0.05) is 36.7 Å². The van der Waals surface area contributed by atoms with Gasteiger partial charge in [-0.1, -0.05) is 53.2 Å². The molecule has 2 unspecified atom stereocenters. The van der Waals surface area contributed by atoms with Crippen molar-refractivity contribution in [2.24, 2.45) is 16.8 Å². The van der Waals surface area contributed by atoms with Crippen molar-refractivity contribution in [3.63, 3.8) is 0 Å². The molecule has 3 N–H and O–H groups in total. The van der Waals surface area contributed by atoms with E-state index in [4.69, 9.17) is 20.5 Å². The summed E-state index contributed by atoms with van der Waals surface area (Å²) in [5.41, 5.74) is 3.46. The lowest BCUT2D eigenvalue weighted by Crippen LogP contribution is -2.26. The molecule has 192 valence electrons. The summed E-state index contributed by atoms with van der Waals surface area (Å²) < 4.78 is 5.96. The lowest BCUT2D eigenvalue weighted by atomic mass is 9.86. The number of dihydropyridines is 1. The summed E-state index contributed by atoms with van der Waals surface area (Å²) in [6.07, 6.45) is 8.93. The number of allylic oxidation sites excluding steroid dienone is 1. The van der Waals surface area contributed by atoms with Gasteiger partial charge in [0.15, 0.2) is 0 Å². The normalized spacial score (nSPS) is 15.5. The molecule has 0 bridgehead atoms. The van der Waals surface area contributed by atoms with E-state index in [1.54, 1.807) is 0 Å². The summed E-state index contributed by atoms with van der Waals surface area (Å²) in [6.45, 7) is 11.7. The highest BCUT2D eigenvalue weighted by Gasteiger charge is 2.25. The maximum absolute atomic E-state index is 13.1. The summed E-state index contributed by atoms with van der Waals surface area (Å²) in [5, 5.41) is 18.3. The molecule has 1 aromatic rings. The Kier molecular flexibility index (Phi) is 11.4. The minimum Gasteiger partial charge on any atom is -0.486 e. The number of benzene rings is 1. The van der Waals surface area contributed by atoms with Gasteiger partial charge in [0.05, 0.1) is 11.4 Å². The van der Waals surface area contributed by atoms with E-state index in [1.807, 2.05) is 12.1 Å². The quantitative estimate of drug-likeness (QED) is 0.251. The first-order chi connectivity index (χ1) is 16.7. The monoisotopic (exact) mass is 480 g/mol. The number of carbonyl (C=O) groups excluding carboxylic acids is 1. The van der Waals surface area contributed by atoms with Crippen LogP contribution in [0.4, 0.5) is 5.69 Å². The SMILES string of the molecule is CCCC(CCC(CC)C(=O)Nc1cccc(C(C)(C)C)c1)C1=NCCC=C1OCC(=N)CC=N. The van der Waals surface area contributed by atoms with Crippen LogP contribution in [-0.4, -0.2) is 36.7 Å². The van der Waals surface area contributed by atoms with Crippen molar-refractivity contribution in [2.75, 3.05) is 18.5 Å². The molecular formula is C29H44N4O2. The highest BCUT2D eigenvalue weighted by atomic mass is 16.5. The molecule has 1 amide bonds. The van der Waals surface area contributed by atoms with E-state index in [0.29, 0.717) is 12.1 Å². The summed E-state index contributed by atoms with van der Waals surface area (Å²) in [6, 6.07) is 8.14. The number of hydrogen-bond donors (Lipinski definition) is 3. The van der Waals surface area contributed by atoms with Crippen LogP contribution < -0.4 is 5.32 Å². The van der Waals surface area contributed by atoms with Crippen molar-refractivity contribution in [3.8, 4) is 0 Å². The molecule has 0 aromatic heterocycles. The summed E-state index contributed by atoms with van der Waals surface area (Å²) in [7, 11) is 0. The standard InChI is InChI=1S/C29H44N4O2/c1-6-10-22(27-26(13-9-18-32-27)35-20-24(31)16-17-30)15-14-21(7-2)28(34)33-25-12-8-11-23(19-25)29(3,4)5/h8,11-13,17,19,21-22,30-31H,6-7,9-10,14-16,18,20H2,1-5H3,(H,33,34). The van der Waals surface area contributed by atoms with Crippen molar-refractivity contribution in [2.45, 2.75) is 85.0 Å². The first kappa shape index (κ1) is 28.5. The van der Waals surface area contributed by atoms with Gasteiger partial charge >= 0.3 is 0 Å². The van der Waals surface area contributed by atoms with Gasteiger partial charge in [-0.2, -0.15) is 0 Å². The molecule has 35 heavy (non-hydrogen) atoms. The topological polar surface area (TPSA) is 98.4 Å². The van der Waals surface area contributed by atoms with Crippen LogP contribution in [0.1, 0.15) is 85.1 Å². The smallest absolute Gasteiger partial charge is 0.227 e. The van der Waals surface area contributed by atoms with E-state index in [9.17, 15) is 4.79 Å². The fourth-order valence-electron chi connectivity index (χ4n) is 4.37. The number of anilines is 1. The first-order valence-corrected chi connectivity index (χ1v) is 13.0. The molecule has 0 saturated carbocycles. The third-order valence-electron chi connectivity index (χ3n) is 6.49. The van der Waals surface area contributed by atoms with Crippen LogP contribution in [0.5, 0.6) is 0 Å².